The highest BCUT2D eigenvalue weighted by Crippen LogP contribution is 2.32. The summed E-state index contributed by atoms with van der Waals surface area (Å²) in [4.78, 5) is 4.26. The highest BCUT2D eigenvalue weighted by molar-refractivity contribution is 9.10. The number of aromatic nitrogens is 1. The molecule has 0 saturated carbocycles. The van der Waals surface area contributed by atoms with Crippen molar-refractivity contribution in [2.45, 2.75) is 20.3 Å². The van der Waals surface area contributed by atoms with Crippen LogP contribution in [0.15, 0.2) is 28.7 Å². The van der Waals surface area contributed by atoms with Gasteiger partial charge in [0.2, 0.25) is 0 Å². The lowest BCUT2D eigenvalue weighted by molar-refractivity contribution is 1.05. The number of nitrogens with two attached hydrogens (primary N) is 1. The number of hydrogen-bond donors (Lipinski definition) is 1. The number of nitrogens with zero attached hydrogens (tertiary/aromatic N) is 2. The molecule has 2 rings (SSSR count). The number of halogens is 1. The molecular weight excluding hydrogens is 302 g/mol. The van der Waals surface area contributed by atoms with Gasteiger partial charge >= 0.3 is 0 Å². The van der Waals surface area contributed by atoms with Gasteiger partial charge in [-0.2, -0.15) is 5.26 Å². The second-order valence-electron chi connectivity index (χ2n) is 4.28. The predicted molar refractivity (Wildman–Crippen MR) is 80.6 cm³/mol. The number of benzene rings is 1. The molecule has 0 amide bonds. The summed E-state index contributed by atoms with van der Waals surface area (Å²) in [5, 5.41) is 9.35. The van der Waals surface area contributed by atoms with Crippen molar-refractivity contribution in [2.24, 2.45) is 0 Å². The van der Waals surface area contributed by atoms with E-state index in [9.17, 15) is 5.26 Å². The lowest BCUT2D eigenvalue weighted by Crippen LogP contribution is -2.04. The van der Waals surface area contributed by atoms with E-state index in [1.807, 2.05) is 31.2 Å². The minimum atomic E-state index is 0.301. The maximum Gasteiger partial charge on any atom is 0.142 e. The summed E-state index contributed by atoms with van der Waals surface area (Å²) < 4.78 is 1.01. The number of hydrogen-bond acceptors (Lipinski definition) is 3. The van der Waals surface area contributed by atoms with Gasteiger partial charge in [0.05, 0.1) is 0 Å². The number of nitrogen functional groups attached to an aromatic ring is 1. The molecule has 1 heterocycles. The van der Waals surface area contributed by atoms with E-state index in [0.717, 1.165) is 33.3 Å². The van der Waals surface area contributed by atoms with Crippen LogP contribution in [0.5, 0.6) is 0 Å². The summed E-state index contributed by atoms with van der Waals surface area (Å²) in [7, 11) is 0. The van der Waals surface area contributed by atoms with Crippen LogP contribution in [0.2, 0.25) is 0 Å². The summed E-state index contributed by atoms with van der Waals surface area (Å²) in [6.45, 7) is 3.99. The van der Waals surface area contributed by atoms with Crippen molar-refractivity contribution in [3.63, 3.8) is 0 Å². The fourth-order valence-electron chi connectivity index (χ4n) is 2.24. The first-order valence-corrected chi connectivity index (χ1v) is 6.82. The van der Waals surface area contributed by atoms with Gasteiger partial charge in [0.1, 0.15) is 17.5 Å². The highest BCUT2D eigenvalue weighted by Gasteiger charge is 2.16. The first kappa shape index (κ1) is 13.6. The van der Waals surface area contributed by atoms with E-state index in [0.29, 0.717) is 11.4 Å². The van der Waals surface area contributed by atoms with Crippen LogP contribution in [0.4, 0.5) is 5.82 Å². The quantitative estimate of drug-likeness (QED) is 0.915. The van der Waals surface area contributed by atoms with Gasteiger partial charge in [-0.25, -0.2) is 4.98 Å². The van der Waals surface area contributed by atoms with Crippen molar-refractivity contribution in [1.82, 2.24) is 4.98 Å². The van der Waals surface area contributed by atoms with Gasteiger partial charge in [-0.05, 0) is 36.6 Å². The van der Waals surface area contributed by atoms with Gasteiger partial charge in [-0.3, -0.25) is 0 Å². The summed E-state index contributed by atoms with van der Waals surface area (Å²) in [6.07, 6.45) is 0.819. The Morgan fingerprint density at radius 2 is 1.95 bits per heavy atom. The summed E-state index contributed by atoms with van der Waals surface area (Å²) in [6, 6.07) is 10.1. The van der Waals surface area contributed by atoms with Gasteiger partial charge in [-0.1, -0.05) is 35.0 Å². The van der Waals surface area contributed by atoms with Gasteiger partial charge in [0, 0.05) is 15.7 Å². The van der Waals surface area contributed by atoms with E-state index in [2.05, 4.69) is 33.9 Å². The summed E-state index contributed by atoms with van der Waals surface area (Å²) in [5.74, 6) is 0.301. The Bertz CT molecular complexity index is 655. The molecule has 96 valence electrons. The molecule has 1 aromatic heterocycles. The van der Waals surface area contributed by atoms with Crippen LogP contribution < -0.4 is 5.73 Å². The third-order valence-corrected chi connectivity index (χ3v) is 3.66. The standard InChI is InChI=1S/C15H14BrN3/c1-3-12-9(2)19-15(18)13(8-17)14(12)10-4-6-11(16)7-5-10/h4-7H,3H2,1-2H3,(H2,18,19). The van der Waals surface area contributed by atoms with E-state index >= 15 is 0 Å². The zero-order valence-electron chi connectivity index (χ0n) is 10.9. The molecule has 0 atom stereocenters. The molecule has 19 heavy (non-hydrogen) atoms. The smallest absolute Gasteiger partial charge is 0.142 e. The highest BCUT2D eigenvalue weighted by atomic mass is 79.9. The Labute approximate surface area is 121 Å². The minimum Gasteiger partial charge on any atom is -0.383 e. The maximum absolute atomic E-state index is 9.35. The maximum atomic E-state index is 9.35. The molecule has 1 aromatic carbocycles. The van der Waals surface area contributed by atoms with E-state index in [-0.39, 0.29) is 0 Å². The van der Waals surface area contributed by atoms with Crippen molar-refractivity contribution < 1.29 is 0 Å². The second-order valence-corrected chi connectivity index (χ2v) is 5.20. The molecule has 0 bridgehead atoms. The molecular formula is C15H14BrN3. The van der Waals surface area contributed by atoms with Crippen molar-refractivity contribution in [3.8, 4) is 17.2 Å². The van der Waals surface area contributed by atoms with Crippen LogP contribution in [0, 0.1) is 18.3 Å². The van der Waals surface area contributed by atoms with Crippen LogP contribution in [-0.4, -0.2) is 4.98 Å². The second kappa shape index (κ2) is 5.41. The monoisotopic (exact) mass is 315 g/mol. The lowest BCUT2D eigenvalue weighted by Gasteiger charge is -2.14. The molecule has 0 aliphatic carbocycles. The molecule has 0 aliphatic heterocycles. The van der Waals surface area contributed by atoms with E-state index in [1.54, 1.807) is 0 Å². The molecule has 4 heteroatoms. The number of aryl methyl sites for hydroxylation is 1. The topological polar surface area (TPSA) is 62.7 Å². The SMILES string of the molecule is CCc1c(C)nc(N)c(C#N)c1-c1ccc(Br)cc1. The Morgan fingerprint density at radius 3 is 2.47 bits per heavy atom. The van der Waals surface area contributed by atoms with E-state index in [1.165, 1.54) is 0 Å². The van der Waals surface area contributed by atoms with Crippen molar-refractivity contribution in [2.75, 3.05) is 5.73 Å². The van der Waals surface area contributed by atoms with Crippen LogP contribution in [0.3, 0.4) is 0 Å². The zero-order valence-corrected chi connectivity index (χ0v) is 12.5. The van der Waals surface area contributed by atoms with Gasteiger partial charge in [-0.15, -0.1) is 0 Å². The predicted octanol–water partition coefficient (Wildman–Crippen LogP) is 3.84. The normalized spacial score (nSPS) is 10.2. The number of pyridine rings is 1. The summed E-state index contributed by atoms with van der Waals surface area (Å²) >= 11 is 3.42. The molecule has 0 unspecified atom stereocenters. The third-order valence-electron chi connectivity index (χ3n) is 3.13. The van der Waals surface area contributed by atoms with E-state index < -0.39 is 0 Å². The summed E-state index contributed by atoms with van der Waals surface area (Å²) in [5.41, 5.74) is 10.2. The number of nitriles is 1. The molecule has 2 aromatic rings. The lowest BCUT2D eigenvalue weighted by atomic mass is 9.93. The molecule has 3 nitrogen and oxygen atoms in total. The van der Waals surface area contributed by atoms with Crippen LogP contribution in [-0.2, 0) is 6.42 Å². The van der Waals surface area contributed by atoms with Crippen LogP contribution in [0.25, 0.3) is 11.1 Å². The fourth-order valence-corrected chi connectivity index (χ4v) is 2.51. The molecule has 2 N–H and O–H groups in total. The number of rotatable bonds is 2. The largest absolute Gasteiger partial charge is 0.383 e. The fraction of sp³-hybridized carbons (Fsp3) is 0.200. The van der Waals surface area contributed by atoms with Gasteiger partial charge < -0.3 is 5.73 Å². The van der Waals surface area contributed by atoms with Gasteiger partial charge in [0.25, 0.3) is 0 Å². The average Bonchev–Trinajstić information content (AvgIpc) is 2.39. The Morgan fingerprint density at radius 1 is 1.32 bits per heavy atom. The Kier molecular flexibility index (Phi) is 3.87. The van der Waals surface area contributed by atoms with Crippen LogP contribution in [0.1, 0.15) is 23.7 Å². The number of anilines is 1. The van der Waals surface area contributed by atoms with E-state index in [4.69, 9.17) is 5.73 Å². The van der Waals surface area contributed by atoms with Gasteiger partial charge in [0.15, 0.2) is 0 Å². The van der Waals surface area contributed by atoms with Crippen molar-refractivity contribution >= 4 is 21.7 Å². The first-order chi connectivity index (χ1) is 9.08. The molecule has 0 aliphatic rings. The Hall–Kier alpha value is -1.86. The molecule has 0 fully saturated rings. The molecule has 0 saturated heterocycles. The molecule has 0 spiro atoms. The Balaban J connectivity index is 2.80. The first-order valence-electron chi connectivity index (χ1n) is 6.03. The third kappa shape index (κ3) is 2.47. The average molecular weight is 316 g/mol. The van der Waals surface area contributed by atoms with Crippen molar-refractivity contribution in [3.05, 3.63) is 45.6 Å². The van der Waals surface area contributed by atoms with Crippen molar-refractivity contribution in [1.29, 1.82) is 5.26 Å². The minimum absolute atomic E-state index is 0.301. The molecule has 0 radical (unpaired) electrons. The van der Waals surface area contributed by atoms with Crippen LogP contribution >= 0.6 is 15.9 Å². The zero-order chi connectivity index (χ0) is 14.0.